The molecule has 0 saturated heterocycles. The van der Waals surface area contributed by atoms with E-state index in [1.165, 1.54) is 103 Å². The fourth-order valence-corrected chi connectivity index (χ4v) is 7.03. The highest BCUT2D eigenvalue weighted by Gasteiger charge is 2.19. The van der Waals surface area contributed by atoms with Gasteiger partial charge in [-0.1, -0.05) is 191 Å². The van der Waals surface area contributed by atoms with Gasteiger partial charge in [-0.3, -0.25) is 14.4 Å². The predicted octanol–water partition coefficient (Wildman–Crippen LogP) is 16.9. The zero-order valence-electron chi connectivity index (χ0n) is 40.2. The number of carbonyl (C=O) groups excluding carboxylic acids is 3. The lowest BCUT2D eigenvalue weighted by Crippen LogP contribution is -2.30. The van der Waals surface area contributed by atoms with Gasteiger partial charge in [0.05, 0.1) is 0 Å². The van der Waals surface area contributed by atoms with E-state index in [2.05, 4.69) is 81.5 Å². The van der Waals surface area contributed by atoms with Crippen molar-refractivity contribution in [2.45, 2.75) is 258 Å². The molecule has 0 aromatic rings. The van der Waals surface area contributed by atoms with Crippen molar-refractivity contribution in [3.05, 3.63) is 60.8 Å². The van der Waals surface area contributed by atoms with Crippen molar-refractivity contribution in [1.29, 1.82) is 0 Å². The zero-order chi connectivity index (χ0) is 44.4. The Hall–Kier alpha value is -2.89. The molecule has 6 nitrogen and oxygen atoms in total. The van der Waals surface area contributed by atoms with Crippen LogP contribution in [0.2, 0.25) is 0 Å². The first-order chi connectivity index (χ1) is 30.0. The molecule has 61 heavy (non-hydrogen) atoms. The summed E-state index contributed by atoms with van der Waals surface area (Å²) in [7, 11) is 0. The second-order valence-corrected chi connectivity index (χ2v) is 17.1. The van der Waals surface area contributed by atoms with Crippen LogP contribution in [0.15, 0.2) is 60.8 Å². The number of carbonyl (C=O) groups is 3. The summed E-state index contributed by atoms with van der Waals surface area (Å²) in [6, 6.07) is 0. The van der Waals surface area contributed by atoms with Crippen LogP contribution in [0.5, 0.6) is 0 Å². The third-order valence-electron chi connectivity index (χ3n) is 10.9. The lowest BCUT2D eigenvalue weighted by atomic mass is 10.1. The molecule has 0 radical (unpaired) electrons. The summed E-state index contributed by atoms with van der Waals surface area (Å²) in [5.74, 6) is -0.916. The first-order valence-electron chi connectivity index (χ1n) is 25.8. The maximum atomic E-state index is 12.8. The van der Waals surface area contributed by atoms with Crippen LogP contribution in [0.3, 0.4) is 0 Å². The fourth-order valence-electron chi connectivity index (χ4n) is 7.03. The molecule has 1 atom stereocenters. The standard InChI is InChI=1S/C55H96O6/c1-4-7-10-13-16-19-22-24-26-28-30-31-33-36-39-42-45-48-54(57)60-51-52(50-59-53(56)47-44-41-38-35-21-18-15-12-9-6-3)61-55(58)49-46-43-40-37-34-32-29-27-25-23-20-17-14-11-8-5-2/h12,15-16,19-20,23-24,26-27,29,52H,4-11,13-14,17-18,21-22,25,28,30-51H2,1-3H3/b15-12-,19-16-,23-20-,26-24-,29-27-. The van der Waals surface area contributed by atoms with Gasteiger partial charge in [-0.2, -0.15) is 0 Å². The molecule has 0 rings (SSSR count). The molecule has 0 aromatic carbocycles. The lowest BCUT2D eigenvalue weighted by molar-refractivity contribution is -0.167. The average molecular weight is 853 g/mol. The molecule has 0 aliphatic carbocycles. The molecule has 0 spiro atoms. The van der Waals surface area contributed by atoms with Crippen LogP contribution in [0, 0.1) is 0 Å². The summed E-state index contributed by atoms with van der Waals surface area (Å²) in [6.07, 6.45) is 60.6. The Balaban J connectivity index is 4.38. The highest BCUT2D eigenvalue weighted by molar-refractivity contribution is 5.71. The van der Waals surface area contributed by atoms with Crippen molar-refractivity contribution in [3.63, 3.8) is 0 Å². The van der Waals surface area contributed by atoms with Gasteiger partial charge < -0.3 is 14.2 Å². The van der Waals surface area contributed by atoms with Crippen LogP contribution < -0.4 is 0 Å². The molecule has 0 aliphatic rings. The van der Waals surface area contributed by atoms with Crippen LogP contribution in [0.4, 0.5) is 0 Å². The van der Waals surface area contributed by atoms with Crippen LogP contribution in [0.1, 0.15) is 252 Å². The molecule has 0 fully saturated rings. The molecule has 6 heteroatoms. The number of hydrogen-bond donors (Lipinski definition) is 0. The molecule has 0 bridgehead atoms. The maximum Gasteiger partial charge on any atom is 0.306 e. The molecule has 352 valence electrons. The van der Waals surface area contributed by atoms with Crippen LogP contribution in [0.25, 0.3) is 0 Å². The Morgan fingerprint density at radius 1 is 0.328 bits per heavy atom. The summed E-state index contributed by atoms with van der Waals surface area (Å²) in [5, 5.41) is 0. The fraction of sp³-hybridized carbons (Fsp3) is 0.764. The molecule has 0 N–H and O–H groups in total. The van der Waals surface area contributed by atoms with Crippen molar-refractivity contribution in [2.75, 3.05) is 13.2 Å². The van der Waals surface area contributed by atoms with Crippen LogP contribution in [-0.2, 0) is 28.6 Å². The van der Waals surface area contributed by atoms with Gasteiger partial charge in [0.15, 0.2) is 6.10 Å². The van der Waals surface area contributed by atoms with Crippen molar-refractivity contribution in [2.24, 2.45) is 0 Å². The maximum absolute atomic E-state index is 12.8. The Labute approximate surface area is 377 Å². The molecule has 0 heterocycles. The van der Waals surface area contributed by atoms with E-state index >= 15 is 0 Å². The van der Waals surface area contributed by atoms with Gasteiger partial charge >= 0.3 is 17.9 Å². The highest BCUT2D eigenvalue weighted by atomic mass is 16.6. The molecular weight excluding hydrogens is 757 g/mol. The minimum absolute atomic E-state index is 0.0868. The van der Waals surface area contributed by atoms with Crippen molar-refractivity contribution in [1.82, 2.24) is 0 Å². The highest BCUT2D eigenvalue weighted by Crippen LogP contribution is 2.14. The van der Waals surface area contributed by atoms with Crippen molar-refractivity contribution < 1.29 is 28.6 Å². The van der Waals surface area contributed by atoms with Gasteiger partial charge in [0.25, 0.3) is 0 Å². The van der Waals surface area contributed by atoms with E-state index in [1.54, 1.807) is 0 Å². The second-order valence-electron chi connectivity index (χ2n) is 17.1. The Bertz CT molecular complexity index is 1120. The van der Waals surface area contributed by atoms with E-state index in [0.717, 1.165) is 109 Å². The first kappa shape index (κ1) is 58.1. The molecule has 0 aromatic heterocycles. The van der Waals surface area contributed by atoms with E-state index in [9.17, 15) is 14.4 Å². The third-order valence-corrected chi connectivity index (χ3v) is 10.9. The van der Waals surface area contributed by atoms with E-state index < -0.39 is 6.10 Å². The van der Waals surface area contributed by atoms with Crippen molar-refractivity contribution in [3.8, 4) is 0 Å². The smallest absolute Gasteiger partial charge is 0.306 e. The number of esters is 3. The van der Waals surface area contributed by atoms with Crippen LogP contribution in [-0.4, -0.2) is 37.2 Å². The average Bonchev–Trinajstić information content (AvgIpc) is 3.26. The number of allylic oxidation sites excluding steroid dienone is 10. The first-order valence-corrected chi connectivity index (χ1v) is 25.8. The summed E-state index contributed by atoms with van der Waals surface area (Å²) in [6.45, 7) is 6.51. The Kier molecular flexibility index (Phi) is 47.4. The SMILES string of the molecule is CCC/C=C\CCCCCCCC(=O)OCC(COC(=O)CCCCCCCCC/C=C\C/C=C\CCCCC)OC(=O)CCCCCCC/C=C\C/C=C\CCCCCC. The molecule has 0 saturated carbocycles. The summed E-state index contributed by atoms with van der Waals surface area (Å²) < 4.78 is 16.8. The lowest BCUT2D eigenvalue weighted by Gasteiger charge is -2.18. The van der Waals surface area contributed by atoms with Gasteiger partial charge in [-0.05, 0) is 103 Å². The van der Waals surface area contributed by atoms with Gasteiger partial charge in [0.2, 0.25) is 0 Å². The second kappa shape index (κ2) is 49.8. The molecular formula is C55H96O6. The van der Waals surface area contributed by atoms with E-state index in [4.69, 9.17) is 14.2 Å². The van der Waals surface area contributed by atoms with Gasteiger partial charge in [-0.15, -0.1) is 0 Å². The normalized spacial score (nSPS) is 12.5. The van der Waals surface area contributed by atoms with Gasteiger partial charge in [0, 0.05) is 19.3 Å². The third kappa shape index (κ3) is 48.0. The molecule has 1 unspecified atom stereocenters. The molecule has 0 amide bonds. The quantitative estimate of drug-likeness (QED) is 0.0263. The largest absolute Gasteiger partial charge is 0.462 e. The number of hydrogen-bond acceptors (Lipinski definition) is 6. The summed E-state index contributed by atoms with van der Waals surface area (Å²) in [4.78, 5) is 37.9. The Morgan fingerprint density at radius 2 is 0.623 bits per heavy atom. The number of ether oxygens (including phenoxy) is 3. The monoisotopic (exact) mass is 853 g/mol. The van der Waals surface area contributed by atoms with E-state index in [-0.39, 0.29) is 31.1 Å². The number of rotatable bonds is 46. The summed E-state index contributed by atoms with van der Waals surface area (Å²) in [5.41, 5.74) is 0. The van der Waals surface area contributed by atoms with E-state index in [1.807, 2.05) is 0 Å². The summed E-state index contributed by atoms with van der Waals surface area (Å²) >= 11 is 0. The minimum Gasteiger partial charge on any atom is -0.462 e. The van der Waals surface area contributed by atoms with Crippen molar-refractivity contribution >= 4 is 17.9 Å². The van der Waals surface area contributed by atoms with Gasteiger partial charge in [0.1, 0.15) is 13.2 Å². The van der Waals surface area contributed by atoms with E-state index in [0.29, 0.717) is 19.3 Å². The predicted molar refractivity (Wildman–Crippen MR) is 261 cm³/mol. The van der Waals surface area contributed by atoms with Crippen LogP contribution >= 0.6 is 0 Å². The topological polar surface area (TPSA) is 78.9 Å². The molecule has 0 aliphatic heterocycles. The Morgan fingerprint density at radius 3 is 1.02 bits per heavy atom. The minimum atomic E-state index is -0.786. The van der Waals surface area contributed by atoms with Gasteiger partial charge in [-0.25, -0.2) is 0 Å². The number of unbranched alkanes of at least 4 members (excludes halogenated alkanes) is 25. The zero-order valence-corrected chi connectivity index (χ0v) is 40.2.